The summed E-state index contributed by atoms with van der Waals surface area (Å²) < 4.78 is 27.6. The highest BCUT2D eigenvalue weighted by molar-refractivity contribution is 7.98. The van der Waals surface area contributed by atoms with Crippen LogP contribution >= 0.6 is 23.4 Å². The summed E-state index contributed by atoms with van der Waals surface area (Å²) >= 11 is 7.70. The Balaban J connectivity index is 1.62. The number of para-hydroxylation sites is 1. The number of anilines is 1. The second-order valence-electron chi connectivity index (χ2n) is 7.03. The van der Waals surface area contributed by atoms with Crippen LogP contribution in [0.25, 0.3) is 6.08 Å². The van der Waals surface area contributed by atoms with Crippen molar-refractivity contribution in [2.75, 3.05) is 18.0 Å². The van der Waals surface area contributed by atoms with E-state index in [2.05, 4.69) is 4.72 Å². The molecule has 0 aliphatic heterocycles. The van der Waals surface area contributed by atoms with Crippen LogP contribution in [0.1, 0.15) is 11.1 Å². The molecule has 0 fully saturated rings. The van der Waals surface area contributed by atoms with Gasteiger partial charge in [0.05, 0.1) is 15.6 Å². The molecule has 0 spiro atoms. The first kappa shape index (κ1) is 23.9. The monoisotopic (exact) mass is 486 g/mol. The molecular weight excluding hydrogens is 464 g/mol. The number of nitrogens with one attached hydrogen (secondary N) is 1. The lowest BCUT2D eigenvalue weighted by molar-refractivity contribution is -0.125. The van der Waals surface area contributed by atoms with E-state index >= 15 is 0 Å². The van der Waals surface area contributed by atoms with E-state index in [0.29, 0.717) is 22.8 Å². The average molecular weight is 487 g/mol. The number of amides is 1. The van der Waals surface area contributed by atoms with Crippen LogP contribution in [0.4, 0.5) is 5.69 Å². The number of nitrogens with zero attached hydrogens (tertiary/aromatic N) is 1. The standard InChI is InChI=1S/C24H23ClN2O3S2/c1-27(17-19-7-12-20(31-2)13-8-19)24(28)16-11-18-9-14-21(15-10-18)32(29,30)26-23-6-4-3-5-22(23)25/h3-16,26H,17H2,1-2H3/b16-11+. The van der Waals surface area contributed by atoms with Gasteiger partial charge in [-0.2, -0.15) is 0 Å². The van der Waals surface area contributed by atoms with Crippen molar-refractivity contribution < 1.29 is 13.2 Å². The van der Waals surface area contributed by atoms with Crippen LogP contribution in [0, 0.1) is 0 Å². The van der Waals surface area contributed by atoms with E-state index in [-0.39, 0.29) is 10.8 Å². The van der Waals surface area contributed by atoms with E-state index in [1.165, 1.54) is 23.1 Å². The fraction of sp³-hybridized carbons (Fsp3) is 0.125. The Morgan fingerprint density at radius 2 is 1.69 bits per heavy atom. The van der Waals surface area contributed by atoms with Gasteiger partial charge in [-0.05, 0) is 59.9 Å². The number of carbonyl (C=O) groups excluding carboxylic acids is 1. The summed E-state index contributed by atoms with van der Waals surface area (Å²) in [7, 11) is -2.03. The molecule has 0 aromatic heterocycles. The van der Waals surface area contributed by atoms with Gasteiger partial charge in [0.2, 0.25) is 5.91 Å². The number of benzene rings is 3. The summed E-state index contributed by atoms with van der Waals surface area (Å²) in [5.74, 6) is -0.143. The summed E-state index contributed by atoms with van der Waals surface area (Å²) in [5.41, 5.74) is 2.08. The van der Waals surface area contributed by atoms with E-state index in [4.69, 9.17) is 11.6 Å². The van der Waals surface area contributed by atoms with Gasteiger partial charge in [-0.3, -0.25) is 9.52 Å². The molecule has 1 N–H and O–H groups in total. The maximum absolute atomic E-state index is 12.6. The Morgan fingerprint density at radius 3 is 2.31 bits per heavy atom. The molecule has 1 amide bonds. The molecule has 3 aromatic carbocycles. The van der Waals surface area contributed by atoms with Gasteiger partial charge in [-0.25, -0.2) is 8.42 Å². The minimum Gasteiger partial charge on any atom is -0.338 e. The van der Waals surface area contributed by atoms with Crippen molar-refractivity contribution in [1.82, 2.24) is 4.90 Å². The third-order valence-corrected chi connectivity index (χ3v) is 7.14. The topological polar surface area (TPSA) is 66.5 Å². The molecule has 0 saturated carbocycles. The van der Waals surface area contributed by atoms with Gasteiger partial charge in [0, 0.05) is 24.6 Å². The summed E-state index contributed by atoms with van der Waals surface area (Å²) in [6.45, 7) is 0.503. The molecule has 32 heavy (non-hydrogen) atoms. The molecule has 3 rings (SSSR count). The second kappa shape index (κ2) is 10.7. The minimum atomic E-state index is -3.77. The van der Waals surface area contributed by atoms with Crippen molar-refractivity contribution in [3.8, 4) is 0 Å². The summed E-state index contributed by atoms with van der Waals surface area (Å²) in [4.78, 5) is 15.3. The highest BCUT2D eigenvalue weighted by Gasteiger charge is 2.15. The van der Waals surface area contributed by atoms with Crippen molar-refractivity contribution >= 4 is 51.1 Å². The van der Waals surface area contributed by atoms with Crippen molar-refractivity contribution in [1.29, 1.82) is 0 Å². The van der Waals surface area contributed by atoms with Gasteiger partial charge in [0.25, 0.3) is 10.0 Å². The molecule has 8 heteroatoms. The van der Waals surface area contributed by atoms with Crippen LogP contribution in [-0.2, 0) is 21.4 Å². The van der Waals surface area contributed by atoms with Crippen LogP contribution in [-0.4, -0.2) is 32.5 Å². The number of sulfonamides is 1. The SMILES string of the molecule is CSc1ccc(CN(C)C(=O)/C=C/c2ccc(S(=O)(=O)Nc3ccccc3Cl)cc2)cc1. The Morgan fingerprint density at radius 1 is 1.03 bits per heavy atom. The van der Waals surface area contributed by atoms with Gasteiger partial charge in [0.1, 0.15) is 0 Å². The van der Waals surface area contributed by atoms with Crippen LogP contribution in [0.3, 0.4) is 0 Å². The third-order valence-electron chi connectivity index (χ3n) is 4.68. The van der Waals surface area contributed by atoms with Gasteiger partial charge in [0.15, 0.2) is 0 Å². The molecule has 0 aliphatic carbocycles. The Bertz CT molecular complexity index is 1210. The quantitative estimate of drug-likeness (QED) is 0.335. The lowest BCUT2D eigenvalue weighted by atomic mass is 10.2. The normalized spacial score (nSPS) is 11.5. The molecule has 0 bridgehead atoms. The lowest BCUT2D eigenvalue weighted by Crippen LogP contribution is -2.24. The average Bonchev–Trinajstić information content (AvgIpc) is 2.79. The Labute approximate surface area is 198 Å². The number of carbonyl (C=O) groups is 1. The third kappa shape index (κ3) is 6.38. The van der Waals surface area contributed by atoms with Gasteiger partial charge in [-0.1, -0.05) is 48.0 Å². The molecule has 5 nitrogen and oxygen atoms in total. The van der Waals surface area contributed by atoms with Gasteiger partial charge < -0.3 is 4.90 Å². The molecule has 0 unspecified atom stereocenters. The Kier molecular flexibility index (Phi) is 8.01. The number of rotatable bonds is 8. The number of likely N-dealkylation sites (N-methyl/N-ethyl adjacent to an activating group) is 1. The van der Waals surface area contributed by atoms with Crippen LogP contribution < -0.4 is 4.72 Å². The molecule has 0 saturated heterocycles. The number of thioether (sulfide) groups is 1. The predicted molar refractivity (Wildman–Crippen MR) is 132 cm³/mol. The molecule has 0 radical (unpaired) electrons. The van der Waals surface area contributed by atoms with E-state index in [0.717, 1.165) is 5.56 Å². The first-order valence-corrected chi connectivity index (χ1v) is 12.8. The fourth-order valence-corrected chi connectivity index (χ4v) is 4.61. The van der Waals surface area contributed by atoms with Crippen LogP contribution in [0.5, 0.6) is 0 Å². The largest absolute Gasteiger partial charge is 0.338 e. The van der Waals surface area contributed by atoms with E-state index in [9.17, 15) is 13.2 Å². The smallest absolute Gasteiger partial charge is 0.261 e. The second-order valence-corrected chi connectivity index (χ2v) is 10.00. The molecule has 0 heterocycles. The first-order chi connectivity index (χ1) is 15.3. The number of halogens is 1. The van der Waals surface area contributed by atoms with E-state index < -0.39 is 10.0 Å². The first-order valence-electron chi connectivity index (χ1n) is 9.72. The summed E-state index contributed by atoms with van der Waals surface area (Å²) in [6, 6.07) is 21.0. The zero-order valence-electron chi connectivity index (χ0n) is 17.7. The van der Waals surface area contributed by atoms with E-state index in [1.807, 2.05) is 30.5 Å². The van der Waals surface area contributed by atoms with Crippen LogP contribution in [0.2, 0.25) is 5.02 Å². The zero-order chi connectivity index (χ0) is 23.1. The van der Waals surface area contributed by atoms with Crippen molar-refractivity contribution in [3.63, 3.8) is 0 Å². The summed E-state index contributed by atoms with van der Waals surface area (Å²) in [5, 5.41) is 0.318. The maximum Gasteiger partial charge on any atom is 0.261 e. The van der Waals surface area contributed by atoms with Crippen molar-refractivity contribution in [2.45, 2.75) is 16.3 Å². The number of hydrogen-bond donors (Lipinski definition) is 1. The van der Waals surface area contributed by atoms with Crippen molar-refractivity contribution in [3.05, 3.63) is 95.0 Å². The van der Waals surface area contributed by atoms with Crippen LogP contribution in [0.15, 0.2) is 88.7 Å². The zero-order valence-corrected chi connectivity index (χ0v) is 20.0. The fourth-order valence-electron chi connectivity index (χ4n) is 2.88. The highest BCUT2D eigenvalue weighted by atomic mass is 35.5. The number of hydrogen-bond acceptors (Lipinski definition) is 4. The van der Waals surface area contributed by atoms with Crippen molar-refractivity contribution in [2.24, 2.45) is 0 Å². The molecular formula is C24H23ClN2O3S2. The maximum atomic E-state index is 12.6. The lowest BCUT2D eigenvalue weighted by Gasteiger charge is -2.15. The summed E-state index contributed by atoms with van der Waals surface area (Å²) in [6.07, 6.45) is 5.15. The molecule has 0 aliphatic rings. The Hall–Kier alpha value is -2.74. The highest BCUT2D eigenvalue weighted by Crippen LogP contribution is 2.24. The van der Waals surface area contributed by atoms with Gasteiger partial charge >= 0.3 is 0 Å². The molecule has 3 aromatic rings. The minimum absolute atomic E-state index is 0.103. The predicted octanol–water partition coefficient (Wildman–Crippen LogP) is 5.53. The van der Waals surface area contributed by atoms with Gasteiger partial charge in [-0.15, -0.1) is 11.8 Å². The molecule has 0 atom stereocenters. The van der Waals surface area contributed by atoms with E-state index in [1.54, 1.807) is 66.2 Å². The molecule has 166 valence electrons.